The van der Waals surface area contributed by atoms with Crippen LogP contribution in [-0.4, -0.2) is 35.3 Å². The Hall–Kier alpha value is -1.69. The molecule has 0 radical (unpaired) electrons. The summed E-state index contributed by atoms with van der Waals surface area (Å²) in [6.07, 6.45) is 3.63. The lowest BCUT2D eigenvalue weighted by Gasteiger charge is -2.32. The van der Waals surface area contributed by atoms with E-state index in [-0.39, 0.29) is 6.04 Å². The molecule has 128 valence electrons. The van der Waals surface area contributed by atoms with Crippen LogP contribution < -0.4 is 5.32 Å². The average Bonchev–Trinajstić information content (AvgIpc) is 2.59. The van der Waals surface area contributed by atoms with E-state index in [2.05, 4.69) is 22.1 Å². The quantitative estimate of drug-likeness (QED) is 0.767. The van der Waals surface area contributed by atoms with Gasteiger partial charge in [0.25, 0.3) is 0 Å². The summed E-state index contributed by atoms with van der Waals surface area (Å²) in [5.41, 5.74) is 3.03. The summed E-state index contributed by atoms with van der Waals surface area (Å²) in [6, 6.07) is 9.84. The molecule has 1 aromatic carbocycles. The molecule has 0 amide bonds. The van der Waals surface area contributed by atoms with Crippen LogP contribution in [0.1, 0.15) is 24.1 Å². The van der Waals surface area contributed by atoms with Crippen molar-refractivity contribution in [3.63, 3.8) is 0 Å². The monoisotopic (exact) mass is 363 g/mol. The second-order valence-corrected chi connectivity index (χ2v) is 6.34. The van der Waals surface area contributed by atoms with Crippen molar-refractivity contribution in [3.8, 4) is 0 Å². The molecule has 0 aliphatic heterocycles. The van der Waals surface area contributed by atoms with E-state index in [1.807, 2.05) is 43.5 Å². The largest absolute Gasteiger partial charge is 0.383 e. The number of methoxy groups -OCH3 is 1. The number of halogens is 1. The Morgan fingerprint density at radius 1 is 1.42 bits per heavy atom. The lowest BCUT2D eigenvalue weighted by atomic mass is 10.1. The van der Waals surface area contributed by atoms with Gasteiger partial charge in [-0.2, -0.15) is 0 Å². The number of nitrogens with one attached hydrogen (secondary N) is 1. The number of aryl methyl sites for hydroxylation is 1. The van der Waals surface area contributed by atoms with E-state index < -0.39 is 0 Å². The lowest BCUT2D eigenvalue weighted by molar-refractivity contribution is 0.165. The van der Waals surface area contributed by atoms with Crippen molar-refractivity contribution >= 4 is 34.6 Å². The normalized spacial score (nSPS) is 11.8. The van der Waals surface area contributed by atoms with Crippen molar-refractivity contribution in [2.24, 2.45) is 0 Å². The number of pyridine rings is 1. The van der Waals surface area contributed by atoms with Crippen LogP contribution in [0.15, 0.2) is 42.7 Å². The number of benzene rings is 1. The predicted octanol–water partition coefficient (Wildman–Crippen LogP) is 4.45. The first kappa shape index (κ1) is 18.6. The maximum Gasteiger partial charge on any atom is 0.174 e. The van der Waals surface area contributed by atoms with Gasteiger partial charge >= 0.3 is 0 Å². The summed E-state index contributed by atoms with van der Waals surface area (Å²) in [4.78, 5) is 6.29. The number of thiocarbonyl (C=S) groups is 1. The highest BCUT2D eigenvalue weighted by atomic mass is 35.5. The zero-order chi connectivity index (χ0) is 17.5. The molecule has 0 bridgehead atoms. The van der Waals surface area contributed by atoms with Gasteiger partial charge in [0.05, 0.1) is 12.6 Å². The molecule has 1 unspecified atom stereocenters. The van der Waals surface area contributed by atoms with Crippen LogP contribution >= 0.6 is 23.8 Å². The number of hydrogen-bond acceptors (Lipinski definition) is 3. The van der Waals surface area contributed by atoms with Gasteiger partial charge in [0, 0.05) is 36.8 Å². The van der Waals surface area contributed by atoms with Crippen molar-refractivity contribution in [3.05, 3.63) is 58.9 Å². The number of aromatic nitrogens is 1. The third kappa shape index (κ3) is 4.90. The van der Waals surface area contributed by atoms with Crippen molar-refractivity contribution < 1.29 is 4.74 Å². The van der Waals surface area contributed by atoms with Gasteiger partial charge in [-0.1, -0.05) is 17.7 Å². The fraction of sp³-hybridized carbons (Fsp3) is 0.333. The smallest absolute Gasteiger partial charge is 0.174 e. The highest BCUT2D eigenvalue weighted by molar-refractivity contribution is 7.80. The topological polar surface area (TPSA) is 37.4 Å². The maximum atomic E-state index is 6.08. The minimum Gasteiger partial charge on any atom is -0.383 e. The summed E-state index contributed by atoms with van der Waals surface area (Å²) in [7, 11) is 1.69. The summed E-state index contributed by atoms with van der Waals surface area (Å²) < 4.78 is 5.23. The van der Waals surface area contributed by atoms with E-state index in [0.717, 1.165) is 21.8 Å². The van der Waals surface area contributed by atoms with Gasteiger partial charge in [0.15, 0.2) is 5.11 Å². The lowest BCUT2D eigenvalue weighted by Crippen LogP contribution is -2.39. The molecule has 1 aromatic heterocycles. The molecule has 24 heavy (non-hydrogen) atoms. The minimum absolute atomic E-state index is 0.0854. The van der Waals surface area contributed by atoms with Gasteiger partial charge in [0.2, 0.25) is 0 Å². The standard InChI is InChI=1S/C18H22ClN3OS/c1-13-11-16(6-7-17(13)19)21-18(24)22(9-10-23-3)14(2)15-5-4-8-20-12-15/h4-8,11-12,14H,9-10H2,1-3H3,(H,21,24). The second-order valence-electron chi connectivity index (χ2n) is 5.54. The zero-order valence-corrected chi connectivity index (χ0v) is 15.7. The SMILES string of the molecule is COCCN(C(=S)Nc1ccc(Cl)c(C)c1)C(C)c1cccnc1. The zero-order valence-electron chi connectivity index (χ0n) is 14.1. The average molecular weight is 364 g/mol. The van der Waals surface area contributed by atoms with Crippen LogP contribution in [0.3, 0.4) is 0 Å². The third-order valence-electron chi connectivity index (χ3n) is 3.84. The van der Waals surface area contributed by atoms with Crippen molar-refractivity contribution in [2.45, 2.75) is 19.9 Å². The first-order valence-electron chi connectivity index (χ1n) is 7.75. The fourth-order valence-electron chi connectivity index (χ4n) is 2.38. The molecule has 2 aromatic rings. The van der Waals surface area contributed by atoms with Crippen LogP contribution in [0.25, 0.3) is 0 Å². The number of hydrogen-bond donors (Lipinski definition) is 1. The minimum atomic E-state index is 0.0854. The highest BCUT2D eigenvalue weighted by Gasteiger charge is 2.19. The third-order valence-corrected chi connectivity index (χ3v) is 4.60. The van der Waals surface area contributed by atoms with Gasteiger partial charge in [-0.05, 0) is 61.5 Å². The van der Waals surface area contributed by atoms with Gasteiger partial charge in [-0.15, -0.1) is 0 Å². The highest BCUT2D eigenvalue weighted by Crippen LogP contribution is 2.23. The van der Waals surface area contributed by atoms with Crippen molar-refractivity contribution in [1.29, 1.82) is 0 Å². The Labute approximate surface area is 153 Å². The molecule has 0 saturated heterocycles. The second kappa shape index (κ2) is 8.97. The first-order chi connectivity index (χ1) is 11.5. The number of ether oxygens (including phenoxy) is 1. The summed E-state index contributed by atoms with van der Waals surface area (Å²) >= 11 is 11.7. The van der Waals surface area contributed by atoms with Crippen LogP contribution in [0.4, 0.5) is 5.69 Å². The Kier molecular flexibility index (Phi) is 6.97. The van der Waals surface area contributed by atoms with Gasteiger partial charge in [-0.25, -0.2) is 0 Å². The number of nitrogens with zero attached hydrogens (tertiary/aromatic N) is 2. The van der Waals surface area contributed by atoms with Gasteiger partial charge in [0.1, 0.15) is 0 Å². The van der Waals surface area contributed by atoms with Crippen molar-refractivity contribution in [2.75, 3.05) is 25.6 Å². The van der Waals surface area contributed by atoms with E-state index in [9.17, 15) is 0 Å². The molecule has 1 atom stereocenters. The Morgan fingerprint density at radius 2 is 2.21 bits per heavy atom. The predicted molar refractivity (Wildman–Crippen MR) is 104 cm³/mol. The summed E-state index contributed by atoms with van der Waals surface area (Å²) in [5.74, 6) is 0. The summed E-state index contributed by atoms with van der Waals surface area (Å²) in [6.45, 7) is 5.35. The molecule has 4 nitrogen and oxygen atoms in total. The van der Waals surface area contributed by atoms with E-state index in [4.69, 9.17) is 28.6 Å². The molecular formula is C18H22ClN3OS. The molecular weight excluding hydrogens is 342 g/mol. The molecule has 2 rings (SSSR count). The summed E-state index contributed by atoms with van der Waals surface area (Å²) in [5, 5.41) is 4.68. The van der Waals surface area contributed by atoms with Gasteiger partial charge < -0.3 is 15.0 Å². The Balaban J connectivity index is 2.16. The van der Waals surface area contributed by atoms with Crippen molar-refractivity contribution in [1.82, 2.24) is 9.88 Å². The van der Waals surface area contributed by atoms with Crippen LogP contribution in [-0.2, 0) is 4.74 Å². The molecule has 0 aliphatic carbocycles. The van der Waals surface area contributed by atoms with Crippen LogP contribution in [0.5, 0.6) is 0 Å². The number of anilines is 1. The molecule has 1 heterocycles. The molecule has 0 fully saturated rings. The maximum absolute atomic E-state index is 6.08. The molecule has 6 heteroatoms. The van der Waals surface area contributed by atoms with Crippen LogP contribution in [0.2, 0.25) is 5.02 Å². The van der Waals surface area contributed by atoms with Crippen LogP contribution in [0, 0.1) is 6.92 Å². The van der Waals surface area contributed by atoms with E-state index in [1.54, 1.807) is 13.3 Å². The molecule has 0 aliphatic rings. The molecule has 0 spiro atoms. The Bertz CT molecular complexity index is 681. The Morgan fingerprint density at radius 3 is 2.83 bits per heavy atom. The molecule has 0 saturated carbocycles. The van der Waals surface area contributed by atoms with Gasteiger partial charge in [-0.3, -0.25) is 4.98 Å². The molecule has 1 N–H and O–H groups in total. The fourth-order valence-corrected chi connectivity index (χ4v) is 2.87. The van der Waals surface area contributed by atoms with E-state index in [0.29, 0.717) is 18.3 Å². The van der Waals surface area contributed by atoms with E-state index in [1.165, 1.54) is 0 Å². The first-order valence-corrected chi connectivity index (χ1v) is 8.54. The number of rotatable bonds is 6. The van der Waals surface area contributed by atoms with E-state index >= 15 is 0 Å².